The third-order valence-electron chi connectivity index (χ3n) is 4.43. The monoisotopic (exact) mass is 314 g/mol. The predicted octanol–water partition coefficient (Wildman–Crippen LogP) is 2.78. The first-order valence-electron chi connectivity index (χ1n) is 8.15. The number of benzene rings is 1. The van der Waals surface area contributed by atoms with Crippen LogP contribution >= 0.6 is 0 Å². The zero-order valence-corrected chi connectivity index (χ0v) is 13.4. The first kappa shape index (κ1) is 15.6. The minimum Gasteiger partial charge on any atom is -0.466 e. The van der Waals surface area contributed by atoms with Crippen molar-refractivity contribution < 1.29 is 14.3 Å². The average molecular weight is 314 g/mol. The first-order valence-corrected chi connectivity index (χ1v) is 8.15. The van der Waals surface area contributed by atoms with Gasteiger partial charge < -0.3 is 15.4 Å². The van der Waals surface area contributed by atoms with Gasteiger partial charge in [-0.05, 0) is 51.2 Å². The molecular formula is C18H22N2O3. The molecule has 3 rings (SSSR count). The van der Waals surface area contributed by atoms with Crippen LogP contribution < -0.4 is 15.4 Å². The summed E-state index contributed by atoms with van der Waals surface area (Å²) in [4.78, 5) is 24.7. The lowest BCUT2D eigenvalue weighted by atomic mass is 9.97. The van der Waals surface area contributed by atoms with Crippen LogP contribution in [0.25, 0.3) is 0 Å². The van der Waals surface area contributed by atoms with Gasteiger partial charge in [0.15, 0.2) is 0 Å². The lowest BCUT2D eigenvalue weighted by Crippen LogP contribution is -2.58. The predicted molar refractivity (Wildman–Crippen MR) is 88.3 cm³/mol. The van der Waals surface area contributed by atoms with Gasteiger partial charge in [0.2, 0.25) is 0 Å². The Hall–Kier alpha value is -2.30. The normalized spacial score (nSPS) is 23.2. The number of carbonyl (C=O) groups excluding carboxylic acids is 2. The van der Waals surface area contributed by atoms with E-state index in [4.69, 9.17) is 4.74 Å². The minimum absolute atomic E-state index is 0.402. The number of rotatable bonds is 4. The van der Waals surface area contributed by atoms with Crippen molar-refractivity contribution >= 4 is 17.5 Å². The number of allylic oxidation sites excluding steroid dienone is 1. The van der Waals surface area contributed by atoms with Gasteiger partial charge in [-0.25, -0.2) is 0 Å². The number of hydrogen-bond donors (Lipinski definition) is 2. The molecule has 122 valence electrons. The van der Waals surface area contributed by atoms with Gasteiger partial charge >= 0.3 is 0 Å². The van der Waals surface area contributed by atoms with Crippen molar-refractivity contribution in [1.29, 1.82) is 0 Å². The van der Waals surface area contributed by atoms with Crippen LogP contribution in [0.15, 0.2) is 35.9 Å². The van der Waals surface area contributed by atoms with Crippen molar-refractivity contribution in [1.82, 2.24) is 5.32 Å². The molecular weight excluding hydrogens is 292 g/mol. The molecule has 5 nitrogen and oxygen atoms in total. The third kappa shape index (κ3) is 3.23. The molecule has 0 radical (unpaired) electrons. The van der Waals surface area contributed by atoms with Gasteiger partial charge in [-0.2, -0.15) is 0 Å². The average Bonchev–Trinajstić information content (AvgIpc) is 2.57. The second-order valence-corrected chi connectivity index (χ2v) is 6.20. The molecule has 0 bridgehead atoms. The van der Waals surface area contributed by atoms with E-state index in [0.29, 0.717) is 18.0 Å². The van der Waals surface area contributed by atoms with Crippen molar-refractivity contribution in [2.45, 2.75) is 44.6 Å². The number of hydrogen-bond acceptors (Lipinski definition) is 3. The second kappa shape index (κ2) is 6.44. The molecule has 5 heteroatoms. The molecule has 0 unspecified atom stereocenters. The topological polar surface area (TPSA) is 67.4 Å². The highest BCUT2D eigenvalue weighted by Crippen LogP contribution is 2.33. The van der Waals surface area contributed by atoms with Gasteiger partial charge in [-0.1, -0.05) is 23.8 Å². The molecule has 1 aliphatic carbocycles. The van der Waals surface area contributed by atoms with Gasteiger partial charge in [0.05, 0.1) is 5.69 Å². The molecule has 23 heavy (non-hydrogen) atoms. The lowest BCUT2D eigenvalue weighted by molar-refractivity contribution is -0.146. The molecule has 1 aromatic rings. The third-order valence-corrected chi connectivity index (χ3v) is 4.43. The zero-order chi connectivity index (χ0) is 16.3. The summed E-state index contributed by atoms with van der Waals surface area (Å²) in [7, 11) is 0. The summed E-state index contributed by atoms with van der Waals surface area (Å²) in [6.07, 6.45) is 7.80. The molecule has 1 atom stereocenters. The van der Waals surface area contributed by atoms with E-state index < -0.39 is 17.4 Å². The van der Waals surface area contributed by atoms with Crippen molar-refractivity contribution in [3.8, 4) is 5.75 Å². The molecule has 0 fully saturated rings. The van der Waals surface area contributed by atoms with Crippen LogP contribution in [-0.2, 0) is 9.59 Å². The smallest absolute Gasteiger partial charge is 0.278 e. The van der Waals surface area contributed by atoms with Gasteiger partial charge in [0.1, 0.15) is 5.75 Å². The quantitative estimate of drug-likeness (QED) is 0.663. The fourth-order valence-corrected chi connectivity index (χ4v) is 2.95. The Kier molecular flexibility index (Phi) is 4.37. The number of nitrogens with one attached hydrogen (secondary N) is 2. The van der Waals surface area contributed by atoms with E-state index >= 15 is 0 Å². The summed E-state index contributed by atoms with van der Waals surface area (Å²) in [6, 6.07) is 7.11. The van der Waals surface area contributed by atoms with Crippen molar-refractivity contribution in [3.05, 3.63) is 35.9 Å². The van der Waals surface area contributed by atoms with E-state index in [0.717, 1.165) is 19.3 Å². The Morgan fingerprint density at radius 2 is 2.17 bits per heavy atom. The van der Waals surface area contributed by atoms with Gasteiger partial charge in [0, 0.05) is 6.54 Å². The molecule has 2 N–H and O–H groups in total. The molecule has 0 aromatic heterocycles. The van der Waals surface area contributed by atoms with E-state index in [2.05, 4.69) is 16.7 Å². The Balaban J connectivity index is 1.62. The van der Waals surface area contributed by atoms with Gasteiger partial charge in [-0.15, -0.1) is 0 Å². The number of anilines is 1. The second-order valence-electron chi connectivity index (χ2n) is 6.20. The largest absolute Gasteiger partial charge is 0.466 e. The first-order chi connectivity index (χ1) is 11.1. The summed E-state index contributed by atoms with van der Waals surface area (Å²) >= 11 is 0. The number of amides is 2. The highest BCUT2D eigenvalue weighted by Gasteiger charge is 2.46. The maximum atomic E-state index is 12.5. The number of fused-ring (bicyclic) bond motifs is 1. The van der Waals surface area contributed by atoms with E-state index in [-0.39, 0.29) is 0 Å². The van der Waals surface area contributed by atoms with E-state index in [1.165, 1.54) is 25.3 Å². The van der Waals surface area contributed by atoms with Crippen LogP contribution in [0, 0.1) is 0 Å². The van der Waals surface area contributed by atoms with Crippen LogP contribution in [0.1, 0.15) is 39.0 Å². The summed E-state index contributed by atoms with van der Waals surface area (Å²) in [5, 5.41) is 5.57. The SMILES string of the molecule is C[C@@]1(C(=O)NCCC2=CCCCC2)Oc2ccccc2NC1=O. The number of ether oxygens (including phenoxy) is 1. The highest BCUT2D eigenvalue weighted by atomic mass is 16.5. The lowest BCUT2D eigenvalue weighted by Gasteiger charge is -2.33. The van der Waals surface area contributed by atoms with Crippen LogP contribution in [0.4, 0.5) is 5.69 Å². The molecule has 2 aliphatic rings. The highest BCUT2D eigenvalue weighted by molar-refractivity contribution is 6.15. The van der Waals surface area contributed by atoms with E-state index in [1.807, 2.05) is 12.1 Å². The molecule has 2 amide bonds. The minimum atomic E-state index is -1.53. The van der Waals surface area contributed by atoms with Crippen molar-refractivity contribution in [2.75, 3.05) is 11.9 Å². The Labute approximate surface area is 136 Å². The molecule has 0 spiro atoms. The molecule has 0 saturated carbocycles. The molecule has 1 aromatic carbocycles. The summed E-state index contributed by atoms with van der Waals surface area (Å²) < 4.78 is 5.70. The van der Waals surface area contributed by atoms with E-state index in [1.54, 1.807) is 12.1 Å². The molecule has 1 heterocycles. The summed E-state index contributed by atoms with van der Waals surface area (Å²) in [6.45, 7) is 2.03. The van der Waals surface area contributed by atoms with Crippen LogP contribution in [0.2, 0.25) is 0 Å². The fourth-order valence-electron chi connectivity index (χ4n) is 2.95. The Bertz CT molecular complexity index is 653. The van der Waals surface area contributed by atoms with Gasteiger partial charge in [-0.3, -0.25) is 9.59 Å². The number of carbonyl (C=O) groups is 2. The molecule has 0 saturated heterocycles. The maximum Gasteiger partial charge on any atom is 0.278 e. The standard InChI is InChI=1S/C18H22N2O3/c1-18(16(21)19-12-11-13-7-3-2-4-8-13)17(22)20-14-9-5-6-10-15(14)23-18/h5-7,9-10H,2-4,8,11-12H2,1H3,(H,19,21)(H,20,22)/t18-/m0/s1. The maximum absolute atomic E-state index is 12.5. The van der Waals surface area contributed by atoms with Gasteiger partial charge in [0.25, 0.3) is 17.4 Å². The Morgan fingerprint density at radius 3 is 2.96 bits per heavy atom. The summed E-state index contributed by atoms with van der Waals surface area (Å²) in [5.74, 6) is -0.328. The van der Waals surface area contributed by atoms with Crippen LogP contribution in [-0.4, -0.2) is 24.0 Å². The van der Waals surface area contributed by atoms with Crippen LogP contribution in [0.5, 0.6) is 5.75 Å². The zero-order valence-electron chi connectivity index (χ0n) is 13.4. The molecule has 1 aliphatic heterocycles. The Morgan fingerprint density at radius 1 is 1.35 bits per heavy atom. The van der Waals surface area contributed by atoms with E-state index in [9.17, 15) is 9.59 Å². The van der Waals surface area contributed by atoms with Crippen molar-refractivity contribution in [3.63, 3.8) is 0 Å². The van der Waals surface area contributed by atoms with Crippen LogP contribution in [0.3, 0.4) is 0 Å². The fraction of sp³-hybridized carbons (Fsp3) is 0.444. The number of para-hydroxylation sites is 2. The van der Waals surface area contributed by atoms with Crippen molar-refractivity contribution in [2.24, 2.45) is 0 Å². The summed E-state index contributed by atoms with van der Waals surface area (Å²) in [5.41, 5.74) is 0.450.